The van der Waals surface area contributed by atoms with E-state index in [1.807, 2.05) is 16.9 Å². The van der Waals surface area contributed by atoms with Crippen LogP contribution < -0.4 is 5.73 Å². The van der Waals surface area contributed by atoms with Gasteiger partial charge in [-0.1, -0.05) is 0 Å². The second-order valence-electron chi connectivity index (χ2n) is 4.31. The summed E-state index contributed by atoms with van der Waals surface area (Å²) in [5.41, 5.74) is 7.37. The summed E-state index contributed by atoms with van der Waals surface area (Å²) in [5, 5.41) is 6.44. The molecule has 1 saturated heterocycles. The molecule has 0 saturated carbocycles. The third kappa shape index (κ3) is 1.39. The highest BCUT2D eigenvalue weighted by atomic mass is 32.1. The van der Waals surface area contributed by atoms with Crippen molar-refractivity contribution in [2.24, 2.45) is 5.73 Å². The van der Waals surface area contributed by atoms with Gasteiger partial charge in [0.1, 0.15) is 4.83 Å². The lowest BCUT2D eigenvalue weighted by molar-refractivity contribution is 0.0535. The number of rotatable bonds is 2. The van der Waals surface area contributed by atoms with Crippen LogP contribution >= 0.6 is 11.3 Å². The predicted octanol–water partition coefficient (Wildman–Crippen LogP) is 1.40. The Kier molecular flexibility index (Phi) is 2.46. The molecule has 5 heteroatoms. The molecule has 3 heterocycles. The quantitative estimate of drug-likeness (QED) is 0.859. The molecule has 0 bridgehead atoms. The molecule has 0 aliphatic carbocycles. The lowest BCUT2D eigenvalue weighted by atomic mass is 9.75. The standard InChI is InChI=1S/C11H15N3OS/c12-8-11(1-4-15-5-2-11)9-7-13-14-3-6-16-10(9)14/h3,6-7H,1-2,4-5,8,12H2. The number of hydrogen-bond donors (Lipinski definition) is 1. The molecule has 2 N–H and O–H groups in total. The Morgan fingerprint density at radius 2 is 2.31 bits per heavy atom. The molecule has 1 fully saturated rings. The van der Waals surface area contributed by atoms with Gasteiger partial charge < -0.3 is 10.5 Å². The number of ether oxygens (including phenoxy) is 1. The highest BCUT2D eigenvalue weighted by Gasteiger charge is 2.35. The zero-order chi connectivity index (χ0) is 11.0. The number of hydrogen-bond acceptors (Lipinski definition) is 4. The van der Waals surface area contributed by atoms with Crippen LogP contribution in [0.4, 0.5) is 0 Å². The topological polar surface area (TPSA) is 52.5 Å². The van der Waals surface area contributed by atoms with E-state index in [9.17, 15) is 0 Å². The highest BCUT2D eigenvalue weighted by molar-refractivity contribution is 7.15. The van der Waals surface area contributed by atoms with Crippen LogP contribution in [-0.2, 0) is 10.2 Å². The first-order valence-electron chi connectivity index (χ1n) is 5.55. The van der Waals surface area contributed by atoms with Gasteiger partial charge in [0.05, 0.1) is 6.20 Å². The summed E-state index contributed by atoms with van der Waals surface area (Å²) in [4.78, 5) is 1.23. The molecule has 2 aromatic rings. The molecule has 4 nitrogen and oxygen atoms in total. The number of thiazole rings is 1. The summed E-state index contributed by atoms with van der Waals surface area (Å²) in [7, 11) is 0. The maximum Gasteiger partial charge on any atom is 0.122 e. The first-order valence-corrected chi connectivity index (χ1v) is 6.43. The van der Waals surface area contributed by atoms with Crippen LogP contribution in [0.25, 0.3) is 4.83 Å². The van der Waals surface area contributed by atoms with Gasteiger partial charge in [0.15, 0.2) is 0 Å². The smallest absolute Gasteiger partial charge is 0.122 e. The molecule has 86 valence electrons. The van der Waals surface area contributed by atoms with Gasteiger partial charge in [-0.05, 0) is 12.8 Å². The van der Waals surface area contributed by atoms with Gasteiger partial charge in [-0.25, -0.2) is 4.52 Å². The van der Waals surface area contributed by atoms with Crippen molar-refractivity contribution in [3.63, 3.8) is 0 Å². The third-order valence-electron chi connectivity index (χ3n) is 3.54. The van der Waals surface area contributed by atoms with Gasteiger partial charge in [0, 0.05) is 42.3 Å². The van der Waals surface area contributed by atoms with E-state index >= 15 is 0 Å². The second-order valence-corrected chi connectivity index (χ2v) is 5.20. The van der Waals surface area contributed by atoms with Crippen LogP contribution in [0.15, 0.2) is 17.8 Å². The minimum absolute atomic E-state index is 0.0743. The molecule has 0 amide bonds. The summed E-state index contributed by atoms with van der Waals surface area (Å²) in [6.45, 7) is 2.29. The number of aromatic nitrogens is 2. The Labute approximate surface area is 98.0 Å². The fraction of sp³-hybridized carbons (Fsp3) is 0.545. The summed E-state index contributed by atoms with van der Waals surface area (Å²) < 4.78 is 7.38. The average molecular weight is 237 g/mol. The molecule has 2 aromatic heterocycles. The Bertz CT molecular complexity index is 484. The van der Waals surface area contributed by atoms with E-state index in [4.69, 9.17) is 10.5 Å². The lowest BCUT2D eigenvalue weighted by Crippen LogP contribution is -2.40. The lowest BCUT2D eigenvalue weighted by Gasteiger charge is -2.35. The van der Waals surface area contributed by atoms with Crippen molar-refractivity contribution in [3.8, 4) is 0 Å². The van der Waals surface area contributed by atoms with E-state index < -0.39 is 0 Å². The molecule has 1 aliphatic rings. The van der Waals surface area contributed by atoms with E-state index in [1.54, 1.807) is 11.3 Å². The molecular formula is C11H15N3OS. The van der Waals surface area contributed by atoms with E-state index in [-0.39, 0.29) is 5.41 Å². The van der Waals surface area contributed by atoms with Crippen LogP contribution in [0, 0.1) is 0 Å². The number of nitrogens with zero attached hydrogens (tertiary/aromatic N) is 2. The van der Waals surface area contributed by atoms with Gasteiger partial charge in [-0.15, -0.1) is 11.3 Å². The average Bonchev–Trinajstić information content (AvgIpc) is 2.91. The van der Waals surface area contributed by atoms with Crippen molar-refractivity contribution in [2.45, 2.75) is 18.3 Å². The van der Waals surface area contributed by atoms with Gasteiger partial charge in [0.25, 0.3) is 0 Å². The Balaban J connectivity index is 2.09. The van der Waals surface area contributed by atoms with E-state index in [0.717, 1.165) is 26.1 Å². The monoisotopic (exact) mass is 237 g/mol. The fourth-order valence-electron chi connectivity index (χ4n) is 2.44. The van der Waals surface area contributed by atoms with Crippen LogP contribution in [-0.4, -0.2) is 29.4 Å². The number of fused-ring (bicyclic) bond motifs is 1. The Hall–Kier alpha value is -0.910. The molecule has 0 spiro atoms. The normalized spacial score (nSPS) is 20.3. The largest absolute Gasteiger partial charge is 0.381 e. The predicted molar refractivity (Wildman–Crippen MR) is 63.9 cm³/mol. The minimum Gasteiger partial charge on any atom is -0.381 e. The maximum absolute atomic E-state index is 6.00. The minimum atomic E-state index is 0.0743. The first-order chi connectivity index (χ1) is 7.86. The van der Waals surface area contributed by atoms with Gasteiger partial charge in [0.2, 0.25) is 0 Å². The molecule has 0 unspecified atom stereocenters. The zero-order valence-electron chi connectivity index (χ0n) is 9.06. The third-order valence-corrected chi connectivity index (χ3v) is 4.43. The van der Waals surface area contributed by atoms with Crippen molar-refractivity contribution < 1.29 is 4.74 Å². The molecule has 0 atom stereocenters. The van der Waals surface area contributed by atoms with E-state index in [0.29, 0.717) is 6.54 Å². The fourth-order valence-corrected chi connectivity index (χ4v) is 3.35. The zero-order valence-corrected chi connectivity index (χ0v) is 9.87. The Morgan fingerprint density at radius 3 is 3.06 bits per heavy atom. The molecular weight excluding hydrogens is 222 g/mol. The van der Waals surface area contributed by atoms with Gasteiger partial charge in [-0.2, -0.15) is 5.10 Å². The maximum atomic E-state index is 6.00. The first kappa shape index (κ1) is 10.3. The number of nitrogens with two attached hydrogens (primary N) is 1. The van der Waals surface area contributed by atoms with Crippen LogP contribution in [0.2, 0.25) is 0 Å². The van der Waals surface area contributed by atoms with Crippen molar-refractivity contribution >= 4 is 16.2 Å². The van der Waals surface area contributed by atoms with Crippen molar-refractivity contribution in [1.29, 1.82) is 0 Å². The summed E-state index contributed by atoms with van der Waals surface area (Å²) in [6.07, 6.45) is 5.97. The van der Waals surface area contributed by atoms with Crippen LogP contribution in [0.1, 0.15) is 18.4 Å². The van der Waals surface area contributed by atoms with E-state index in [2.05, 4.69) is 10.5 Å². The second kappa shape index (κ2) is 3.84. The van der Waals surface area contributed by atoms with Crippen LogP contribution in [0.5, 0.6) is 0 Å². The molecule has 3 rings (SSSR count). The SMILES string of the molecule is NCC1(c2cnn3ccsc23)CCOCC1. The molecule has 0 aromatic carbocycles. The van der Waals surface area contributed by atoms with Crippen LogP contribution in [0.3, 0.4) is 0 Å². The van der Waals surface area contributed by atoms with Crippen molar-refractivity contribution in [1.82, 2.24) is 9.61 Å². The molecule has 16 heavy (non-hydrogen) atoms. The van der Waals surface area contributed by atoms with Crippen molar-refractivity contribution in [2.75, 3.05) is 19.8 Å². The van der Waals surface area contributed by atoms with Gasteiger partial charge >= 0.3 is 0 Å². The summed E-state index contributed by atoms with van der Waals surface area (Å²) in [5.74, 6) is 0. The summed E-state index contributed by atoms with van der Waals surface area (Å²) in [6, 6.07) is 0. The molecule has 0 radical (unpaired) electrons. The molecule has 1 aliphatic heterocycles. The summed E-state index contributed by atoms with van der Waals surface area (Å²) >= 11 is 1.73. The highest BCUT2D eigenvalue weighted by Crippen LogP contribution is 2.37. The van der Waals surface area contributed by atoms with Gasteiger partial charge in [-0.3, -0.25) is 0 Å². The Morgan fingerprint density at radius 1 is 1.50 bits per heavy atom. The van der Waals surface area contributed by atoms with E-state index in [1.165, 1.54) is 10.4 Å². The van der Waals surface area contributed by atoms with Crippen molar-refractivity contribution in [3.05, 3.63) is 23.3 Å².